The second-order valence-corrected chi connectivity index (χ2v) is 10.1. The highest BCUT2D eigenvalue weighted by Crippen LogP contribution is 2.39. The molecule has 0 amide bonds. The molecule has 1 fully saturated rings. The molecule has 5 aromatic rings. The van der Waals surface area contributed by atoms with Gasteiger partial charge >= 0.3 is 0 Å². The van der Waals surface area contributed by atoms with Crippen molar-refractivity contribution in [2.75, 3.05) is 11.1 Å². The van der Waals surface area contributed by atoms with Crippen LogP contribution in [0.1, 0.15) is 49.8 Å². The first-order valence-corrected chi connectivity index (χ1v) is 12.2. The molecule has 3 heterocycles. The first-order chi connectivity index (χ1) is 17.3. The Balaban J connectivity index is 1.32. The molecule has 4 N–H and O–H groups in total. The Kier molecular flexibility index (Phi) is 5.19. The molecule has 36 heavy (non-hydrogen) atoms. The van der Waals surface area contributed by atoms with Gasteiger partial charge in [0.2, 0.25) is 0 Å². The van der Waals surface area contributed by atoms with Crippen LogP contribution in [0.3, 0.4) is 0 Å². The molecule has 2 aromatic carbocycles. The normalized spacial score (nSPS) is 20.3. The van der Waals surface area contributed by atoms with Crippen LogP contribution in [0.4, 0.5) is 17.5 Å². The smallest absolute Gasteiger partial charge is 0.300 e. The van der Waals surface area contributed by atoms with Gasteiger partial charge in [0.1, 0.15) is 23.4 Å². The third-order valence-corrected chi connectivity index (χ3v) is 7.13. The van der Waals surface area contributed by atoms with Crippen LogP contribution in [0.25, 0.3) is 33.4 Å². The number of hydrogen-bond acceptors (Lipinski definition) is 8. The van der Waals surface area contributed by atoms with E-state index in [-0.39, 0.29) is 6.04 Å². The highest BCUT2D eigenvalue weighted by atomic mass is 16.4. The fraction of sp³-hybridized carbons (Fsp3) is 0.333. The molecule has 1 aliphatic carbocycles. The molecule has 6 rings (SSSR count). The lowest BCUT2D eigenvalue weighted by atomic mass is 9.84. The van der Waals surface area contributed by atoms with Crippen LogP contribution in [-0.4, -0.2) is 35.4 Å². The predicted octanol–water partition coefficient (Wildman–Crippen LogP) is 5.44. The minimum atomic E-state index is -0.620. The highest BCUT2D eigenvalue weighted by molar-refractivity contribution is 5.98. The van der Waals surface area contributed by atoms with Crippen LogP contribution >= 0.6 is 0 Å². The molecule has 0 radical (unpaired) electrons. The number of nitrogens with one attached hydrogen (secondary N) is 1. The van der Waals surface area contributed by atoms with E-state index in [4.69, 9.17) is 15.2 Å². The summed E-state index contributed by atoms with van der Waals surface area (Å²) >= 11 is 0. The van der Waals surface area contributed by atoms with Crippen molar-refractivity contribution in [3.8, 4) is 11.3 Å². The van der Waals surface area contributed by atoms with E-state index in [1.807, 2.05) is 55.8 Å². The topological polar surface area (TPSA) is 128 Å². The zero-order valence-corrected chi connectivity index (χ0v) is 20.6. The summed E-state index contributed by atoms with van der Waals surface area (Å²) in [5, 5.41) is 19.3. The van der Waals surface area contributed by atoms with Crippen LogP contribution in [0.5, 0.6) is 0 Å². The molecule has 3 aromatic heterocycles. The third-order valence-electron chi connectivity index (χ3n) is 7.13. The average molecular weight is 484 g/mol. The number of rotatable bonds is 4. The second-order valence-electron chi connectivity index (χ2n) is 10.1. The second kappa shape index (κ2) is 8.30. The molecule has 0 spiro atoms. The number of hydrogen-bond donors (Lipinski definition) is 3. The van der Waals surface area contributed by atoms with Gasteiger partial charge in [0.15, 0.2) is 11.2 Å². The number of aromatic nitrogens is 5. The summed E-state index contributed by atoms with van der Waals surface area (Å²) in [5.41, 5.74) is 12.7. The molecule has 9 heteroatoms. The maximum absolute atomic E-state index is 10.4. The fourth-order valence-corrected chi connectivity index (χ4v) is 5.19. The summed E-state index contributed by atoms with van der Waals surface area (Å²) in [4.78, 5) is 13.3. The first-order valence-electron chi connectivity index (χ1n) is 12.2. The largest absolute Gasteiger partial charge is 0.423 e. The summed E-state index contributed by atoms with van der Waals surface area (Å²) in [6.07, 6.45) is 4.60. The maximum atomic E-state index is 10.4. The molecule has 0 bridgehead atoms. The number of benzene rings is 2. The lowest BCUT2D eigenvalue weighted by Crippen LogP contribution is -2.31. The zero-order chi connectivity index (χ0) is 25.0. The quantitative estimate of drug-likeness (QED) is 0.308. The van der Waals surface area contributed by atoms with Crippen molar-refractivity contribution in [3.63, 3.8) is 0 Å². The number of nitrogens with zero attached hydrogens (tertiary/aromatic N) is 5. The lowest BCUT2D eigenvalue weighted by molar-refractivity contribution is 0.00900. The average Bonchev–Trinajstić information content (AvgIpc) is 3.42. The Morgan fingerprint density at radius 3 is 2.61 bits per heavy atom. The van der Waals surface area contributed by atoms with E-state index in [0.29, 0.717) is 11.8 Å². The van der Waals surface area contributed by atoms with Crippen LogP contribution < -0.4 is 11.1 Å². The van der Waals surface area contributed by atoms with Crippen molar-refractivity contribution in [2.45, 2.75) is 58.1 Å². The summed E-state index contributed by atoms with van der Waals surface area (Å²) < 4.78 is 7.91. The van der Waals surface area contributed by atoms with Crippen molar-refractivity contribution in [3.05, 3.63) is 53.9 Å². The zero-order valence-electron chi connectivity index (χ0n) is 20.6. The van der Waals surface area contributed by atoms with Crippen LogP contribution in [-0.2, 0) is 0 Å². The Hall–Kier alpha value is -3.98. The molecule has 0 atom stereocenters. The van der Waals surface area contributed by atoms with E-state index < -0.39 is 5.60 Å². The van der Waals surface area contributed by atoms with E-state index >= 15 is 0 Å². The summed E-state index contributed by atoms with van der Waals surface area (Å²) in [7, 11) is 0. The lowest BCUT2D eigenvalue weighted by Gasteiger charge is -2.33. The molecular weight excluding hydrogens is 454 g/mol. The fourth-order valence-electron chi connectivity index (χ4n) is 5.19. The number of aryl methyl sites for hydroxylation is 2. The van der Waals surface area contributed by atoms with Crippen LogP contribution in [0, 0.1) is 13.8 Å². The maximum Gasteiger partial charge on any atom is 0.300 e. The van der Waals surface area contributed by atoms with Gasteiger partial charge in [-0.25, -0.2) is 14.6 Å². The minimum Gasteiger partial charge on any atom is -0.423 e. The van der Waals surface area contributed by atoms with Crippen molar-refractivity contribution in [2.24, 2.45) is 0 Å². The SMILES string of the molecule is Cc1cc(C)c2oc(Nc3ccc(-c4nn(C5CCC(C)(O)CC5)c5ncnc(N)c45)cc3)nc2c1. The molecule has 0 unspecified atom stereocenters. The highest BCUT2D eigenvalue weighted by Gasteiger charge is 2.31. The number of fused-ring (bicyclic) bond motifs is 2. The monoisotopic (exact) mass is 483 g/mol. The Morgan fingerprint density at radius 2 is 1.86 bits per heavy atom. The number of nitrogens with two attached hydrogens (primary N) is 1. The summed E-state index contributed by atoms with van der Waals surface area (Å²) in [5.74, 6) is 0.406. The van der Waals surface area contributed by atoms with Crippen molar-refractivity contribution in [1.82, 2.24) is 24.7 Å². The third kappa shape index (κ3) is 3.95. The standard InChI is InChI=1S/C27H29N7O2/c1-15-12-16(2)23-20(13-15)32-26(36-23)31-18-6-4-17(5-7-18)22-21-24(28)29-14-30-25(21)34(33-22)19-8-10-27(3,35)11-9-19/h4-7,12-14,19,35H,8-11H2,1-3H3,(H,31,32)(H2,28,29,30). The molecule has 1 aliphatic rings. The van der Waals surface area contributed by atoms with E-state index in [0.717, 1.165) is 75.9 Å². The molecule has 0 saturated heterocycles. The van der Waals surface area contributed by atoms with E-state index in [2.05, 4.69) is 26.3 Å². The van der Waals surface area contributed by atoms with Gasteiger partial charge < -0.3 is 20.6 Å². The van der Waals surface area contributed by atoms with Gasteiger partial charge in [0.25, 0.3) is 6.01 Å². The van der Waals surface area contributed by atoms with Crippen molar-refractivity contribution in [1.29, 1.82) is 0 Å². The molecular formula is C27H29N7O2. The van der Waals surface area contributed by atoms with Crippen molar-refractivity contribution >= 4 is 39.7 Å². The number of anilines is 3. The van der Waals surface area contributed by atoms with Gasteiger partial charge in [-0.1, -0.05) is 18.2 Å². The summed E-state index contributed by atoms with van der Waals surface area (Å²) in [6.45, 7) is 5.97. The van der Waals surface area contributed by atoms with E-state index in [9.17, 15) is 5.11 Å². The Bertz CT molecular complexity index is 1570. The molecule has 0 aliphatic heterocycles. The van der Waals surface area contributed by atoms with E-state index in [1.54, 1.807) is 0 Å². The number of aliphatic hydroxyl groups is 1. The van der Waals surface area contributed by atoms with Crippen LogP contribution in [0.2, 0.25) is 0 Å². The van der Waals surface area contributed by atoms with Gasteiger partial charge in [-0.15, -0.1) is 0 Å². The van der Waals surface area contributed by atoms with Gasteiger partial charge in [-0.05, 0) is 75.8 Å². The number of oxazole rings is 1. The Morgan fingerprint density at radius 1 is 1.11 bits per heavy atom. The van der Waals surface area contributed by atoms with Gasteiger partial charge in [-0.3, -0.25) is 0 Å². The molecule has 184 valence electrons. The molecule has 1 saturated carbocycles. The first kappa shape index (κ1) is 22.5. The Labute approximate surface area is 208 Å². The number of nitrogen functional groups attached to an aromatic ring is 1. The van der Waals surface area contributed by atoms with Crippen molar-refractivity contribution < 1.29 is 9.52 Å². The predicted molar refractivity (Wildman–Crippen MR) is 140 cm³/mol. The molecule has 9 nitrogen and oxygen atoms in total. The van der Waals surface area contributed by atoms with Crippen LogP contribution in [0.15, 0.2) is 47.1 Å². The minimum absolute atomic E-state index is 0.156. The van der Waals surface area contributed by atoms with Gasteiger partial charge in [-0.2, -0.15) is 10.1 Å². The van der Waals surface area contributed by atoms with E-state index in [1.165, 1.54) is 6.33 Å². The van der Waals surface area contributed by atoms with Gasteiger partial charge in [0.05, 0.1) is 17.0 Å². The summed E-state index contributed by atoms with van der Waals surface area (Å²) in [6, 6.07) is 12.6. The van der Waals surface area contributed by atoms with Gasteiger partial charge in [0, 0.05) is 11.3 Å².